The molecule has 0 atom stereocenters. The highest BCUT2D eigenvalue weighted by molar-refractivity contribution is 7.99. The normalized spacial score (nSPS) is 10.5. The molecule has 0 saturated carbocycles. The minimum absolute atomic E-state index is 0.0127. The van der Waals surface area contributed by atoms with E-state index < -0.39 is 4.92 Å². The third-order valence-corrected chi connectivity index (χ3v) is 5.68. The number of methoxy groups -OCH3 is 1. The molecule has 2 aromatic carbocycles. The maximum Gasteiger partial charge on any atom is 0.271 e. The lowest BCUT2D eigenvalue weighted by Gasteiger charge is -2.10. The summed E-state index contributed by atoms with van der Waals surface area (Å²) in [6.07, 6.45) is -0.0127. The molecular weight excluding hydrogens is 448 g/mol. The highest BCUT2D eigenvalue weighted by Crippen LogP contribution is 2.24. The number of non-ortho nitro benzene ring substituents is 1. The molecule has 0 bridgehead atoms. The minimum Gasteiger partial charge on any atom is -0.495 e. The Balaban J connectivity index is 1.58. The van der Waals surface area contributed by atoms with E-state index in [1.807, 2.05) is 0 Å². The van der Waals surface area contributed by atoms with Gasteiger partial charge in [-0.15, -0.1) is 10.2 Å². The number of aromatic nitrogens is 3. The van der Waals surface area contributed by atoms with Gasteiger partial charge in [-0.2, -0.15) is 0 Å². The Hall–Kier alpha value is -3.93. The highest BCUT2D eigenvalue weighted by Gasteiger charge is 2.16. The van der Waals surface area contributed by atoms with Crippen LogP contribution in [0.2, 0.25) is 0 Å². The van der Waals surface area contributed by atoms with Crippen LogP contribution in [0.5, 0.6) is 5.75 Å². The van der Waals surface area contributed by atoms with E-state index in [4.69, 9.17) is 4.74 Å². The van der Waals surface area contributed by atoms with Gasteiger partial charge in [-0.1, -0.05) is 30.0 Å². The third kappa shape index (κ3) is 6.07. The van der Waals surface area contributed by atoms with Crippen LogP contribution in [0.25, 0.3) is 0 Å². The maximum atomic E-state index is 12.4. The van der Waals surface area contributed by atoms with Gasteiger partial charge < -0.3 is 19.9 Å². The summed E-state index contributed by atoms with van der Waals surface area (Å²) >= 11 is 1.14. The van der Waals surface area contributed by atoms with Crippen LogP contribution < -0.4 is 15.4 Å². The van der Waals surface area contributed by atoms with Gasteiger partial charge in [-0.25, -0.2) is 0 Å². The summed E-state index contributed by atoms with van der Waals surface area (Å²) in [6.45, 7) is 1.75. The summed E-state index contributed by atoms with van der Waals surface area (Å²) in [7, 11) is 3.23. The van der Waals surface area contributed by atoms with Crippen molar-refractivity contribution in [3.8, 4) is 5.75 Å². The van der Waals surface area contributed by atoms with Crippen LogP contribution in [-0.2, 0) is 23.1 Å². The van der Waals surface area contributed by atoms with Gasteiger partial charge in [0.1, 0.15) is 11.6 Å². The van der Waals surface area contributed by atoms with Gasteiger partial charge in [0.2, 0.25) is 11.8 Å². The Morgan fingerprint density at radius 3 is 2.58 bits per heavy atom. The van der Waals surface area contributed by atoms with Crippen LogP contribution >= 0.6 is 11.8 Å². The number of nitrogens with one attached hydrogen (secondary N) is 2. The van der Waals surface area contributed by atoms with Crippen LogP contribution in [-0.4, -0.2) is 44.4 Å². The minimum atomic E-state index is -0.519. The third-order valence-electron chi connectivity index (χ3n) is 4.66. The summed E-state index contributed by atoms with van der Waals surface area (Å²) in [5.74, 6) is 0.360. The van der Waals surface area contributed by atoms with Gasteiger partial charge >= 0.3 is 0 Å². The van der Waals surface area contributed by atoms with Gasteiger partial charge in [0.25, 0.3) is 5.69 Å². The topological polar surface area (TPSA) is 141 Å². The number of para-hydroxylation sites is 2. The van der Waals surface area contributed by atoms with E-state index >= 15 is 0 Å². The standard InChI is InChI=1S/C21H22N6O5S/c1-13-8-9-14(27(30)31)10-16(13)23-20(29)12-33-21-25-24-18(26(21)2)11-19(28)22-15-6-4-5-7-17(15)32-3/h4-10H,11-12H2,1-3H3,(H,22,28)(H,23,29). The first-order valence-corrected chi connectivity index (χ1v) is 10.8. The molecule has 11 nitrogen and oxygen atoms in total. The molecule has 0 unspecified atom stereocenters. The lowest BCUT2D eigenvalue weighted by Crippen LogP contribution is -2.18. The Bertz CT molecular complexity index is 1200. The van der Waals surface area contributed by atoms with E-state index in [0.717, 1.165) is 11.8 Å². The zero-order valence-electron chi connectivity index (χ0n) is 18.2. The van der Waals surface area contributed by atoms with Gasteiger partial charge in [0.15, 0.2) is 5.16 Å². The average Bonchev–Trinajstić information content (AvgIpc) is 3.13. The second kappa shape index (κ2) is 10.6. The zero-order valence-corrected chi connectivity index (χ0v) is 19.0. The Kier molecular flexibility index (Phi) is 7.61. The lowest BCUT2D eigenvalue weighted by atomic mass is 10.2. The number of nitrogens with zero attached hydrogens (tertiary/aromatic N) is 4. The van der Waals surface area contributed by atoms with Gasteiger partial charge in [0.05, 0.1) is 35.6 Å². The first kappa shape index (κ1) is 23.7. The molecule has 3 aromatic rings. The summed E-state index contributed by atoms with van der Waals surface area (Å²) in [5.41, 5.74) is 1.53. The first-order chi connectivity index (χ1) is 15.8. The average molecular weight is 471 g/mol. The van der Waals surface area contributed by atoms with Crippen molar-refractivity contribution >= 4 is 40.6 Å². The van der Waals surface area contributed by atoms with Crippen molar-refractivity contribution in [3.05, 3.63) is 64.0 Å². The molecule has 33 heavy (non-hydrogen) atoms. The maximum absolute atomic E-state index is 12.4. The van der Waals surface area contributed by atoms with E-state index in [9.17, 15) is 19.7 Å². The first-order valence-electron chi connectivity index (χ1n) is 9.77. The number of anilines is 2. The number of rotatable bonds is 9. The number of thioether (sulfide) groups is 1. The summed E-state index contributed by atoms with van der Waals surface area (Å²) in [4.78, 5) is 35.2. The number of carbonyl (C=O) groups is 2. The monoisotopic (exact) mass is 470 g/mol. The van der Waals surface area contributed by atoms with E-state index in [-0.39, 0.29) is 29.7 Å². The van der Waals surface area contributed by atoms with E-state index in [1.165, 1.54) is 19.2 Å². The molecule has 0 aliphatic rings. The van der Waals surface area contributed by atoms with Gasteiger partial charge in [0, 0.05) is 19.2 Å². The molecule has 12 heteroatoms. The predicted molar refractivity (Wildman–Crippen MR) is 124 cm³/mol. The van der Waals surface area contributed by atoms with Crippen molar-refractivity contribution in [1.82, 2.24) is 14.8 Å². The molecule has 0 radical (unpaired) electrons. The number of hydrogen-bond donors (Lipinski definition) is 2. The molecule has 0 saturated heterocycles. The van der Waals surface area contributed by atoms with Crippen LogP contribution in [0.3, 0.4) is 0 Å². The van der Waals surface area contributed by atoms with Crippen molar-refractivity contribution < 1.29 is 19.2 Å². The second-order valence-corrected chi connectivity index (χ2v) is 7.92. The fourth-order valence-electron chi connectivity index (χ4n) is 2.89. The second-order valence-electron chi connectivity index (χ2n) is 6.98. The predicted octanol–water partition coefficient (Wildman–Crippen LogP) is 2.95. The summed E-state index contributed by atoms with van der Waals surface area (Å²) in [6, 6.07) is 11.3. The molecule has 1 aromatic heterocycles. The van der Waals surface area contributed by atoms with Gasteiger partial charge in [-0.3, -0.25) is 19.7 Å². The molecule has 172 valence electrons. The molecule has 0 spiro atoms. The van der Waals surface area contributed by atoms with Crippen LogP contribution in [0.4, 0.5) is 17.1 Å². The molecule has 0 aliphatic carbocycles. The van der Waals surface area contributed by atoms with E-state index in [1.54, 1.807) is 48.9 Å². The number of carbonyl (C=O) groups excluding carboxylic acids is 2. The van der Waals surface area contributed by atoms with Crippen molar-refractivity contribution in [2.24, 2.45) is 7.05 Å². The largest absolute Gasteiger partial charge is 0.495 e. The van der Waals surface area contributed by atoms with E-state index in [2.05, 4.69) is 20.8 Å². The number of hydrogen-bond acceptors (Lipinski definition) is 8. The Labute approximate surface area is 193 Å². The summed E-state index contributed by atoms with van der Waals surface area (Å²) in [5, 5.41) is 24.9. The Morgan fingerprint density at radius 1 is 1.12 bits per heavy atom. The molecular formula is C21H22N6O5S. The molecule has 3 rings (SSSR count). The lowest BCUT2D eigenvalue weighted by molar-refractivity contribution is -0.384. The van der Waals surface area contributed by atoms with Crippen LogP contribution in [0.15, 0.2) is 47.6 Å². The number of ether oxygens (including phenoxy) is 1. The smallest absolute Gasteiger partial charge is 0.271 e. The SMILES string of the molecule is COc1ccccc1NC(=O)Cc1nnc(SCC(=O)Nc2cc([N+](=O)[O-])ccc2C)n1C. The molecule has 2 N–H and O–H groups in total. The number of nitro groups is 1. The number of benzene rings is 2. The summed E-state index contributed by atoms with van der Waals surface area (Å²) < 4.78 is 6.86. The van der Waals surface area contributed by atoms with Crippen molar-refractivity contribution in [1.29, 1.82) is 0 Å². The van der Waals surface area contributed by atoms with Crippen molar-refractivity contribution in [2.75, 3.05) is 23.5 Å². The van der Waals surface area contributed by atoms with Gasteiger partial charge in [-0.05, 0) is 24.6 Å². The van der Waals surface area contributed by atoms with Crippen LogP contribution in [0, 0.1) is 17.0 Å². The van der Waals surface area contributed by atoms with Crippen molar-refractivity contribution in [3.63, 3.8) is 0 Å². The fourth-order valence-corrected chi connectivity index (χ4v) is 3.62. The number of amides is 2. The molecule has 0 aliphatic heterocycles. The molecule has 0 fully saturated rings. The quantitative estimate of drug-likeness (QED) is 0.276. The van der Waals surface area contributed by atoms with Crippen molar-refractivity contribution in [2.45, 2.75) is 18.5 Å². The molecule has 2 amide bonds. The zero-order chi connectivity index (χ0) is 24.0. The Morgan fingerprint density at radius 2 is 1.85 bits per heavy atom. The fraction of sp³-hybridized carbons (Fsp3) is 0.238. The van der Waals surface area contributed by atoms with E-state index in [0.29, 0.717) is 33.7 Å². The molecule has 1 heterocycles. The number of nitro benzene ring substituents is 1. The highest BCUT2D eigenvalue weighted by atomic mass is 32.2. The number of aryl methyl sites for hydroxylation is 1. The van der Waals surface area contributed by atoms with Crippen LogP contribution in [0.1, 0.15) is 11.4 Å².